The van der Waals surface area contributed by atoms with Crippen LogP contribution in [0.2, 0.25) is 0 Å². The molecule has 0 unspecified atom stereocenters. The number of carbonyl (C=O) groups is 1. The molecule has 5 heterocycles. The molecule has 31 heavy (non-hydrogen) atoms. The summed E-state index contributed by atoms with van der Waals surface area (Å²) in [7, 11) is 2.11. The molecule has 0 N–H and O–H groups in total. The summed E-state index contributed by atoms with van der Waals surface area (Å²) in [5, 5.41) is 3.33. The first-order valence-corrected chi connectivity index (χ1v) is 9.86. The third-order valence-corrected chi connectivity index (χ3v) is 5.51. The van der Waals surface area contributed by atoms with Gasteiger partial charge in [-0.2, -0.15) is 18.2 Å². The first-order chi connectivity index (χ1) is 14.8. The van der Waals surface area contributed by atoms with E-state index in [9.17, 15) is 18.0 Å². The highest BCUT2D eigenvalue weighted by Gasteiger charge is 2.51. The van der Waals surface area contributed by atoms with Crippen molar-refractivity contribution in [3.63, 3.8) is 0 Å². The molecular weight excluding hydrogens is 417 g/mol. The molecule has 0 saturated carbocycles. The quantitative estimate of drug-likeness (QED) is 0.662. The minimum atomic E-state index is -4.66. The summed E-state index contributed by atoms with van der Waals surface area (Å²) in [5.41, 5.74) is 0.514. The second-order valence-corrected chi connectivity index (χ2v) is 8.11. The van der Waals surface area contributed by atoms with Gasteiger partial charge in [-0.3, -0.25) is 4.79 Å². The highest BCUT2D eigenvalue weighted by atomic mass is 19.4. The van der Waals surface area contributed by atoms with Gasteiger partial charge in [0, 0.05) is 56.4 Å². The van der Waals surface area contributed by atoms with Gasteiger partial charge in [0.1, 0.15) is 5.82 Å². The zero-order chi connectivity index (χ0) is 22.1. The van der Waals surface area contributed by atoms with E-state index in [0.717, 1.165) is 64.7 Å². The number of anilines is 1. The van der Waals surface area contributed by atoms with Crippen molar-refractivity contribution in [3.05, 3.63) is 24.2 Å². The Morgan fingerprint density at radius 1 is 1.13 bits per heavy atom. The summed E-state index contributed by atoms with van der Waals surface area (Å²) in [6, 6.07) is 3.32. The third kappa shape index (κ3) is 4.79. The number of carbonyl (C=O) groups excluding carboxylic acids is 1. The molecule has 2 aromatic rings. The summed E-state index contributed by atoms with van der Waals surface area (Å²) < 4.78 is 46.7. The lowest BCUT2D eigenvalue weighted by atomic mass is 9.73. The number of likely N-dealkylation sites (tertiary alicyclic amines) is 1. The first kappa shape index (κ1) is 21.5. The van der Waals surface area contributed by atoms with Crippen molar-refractivity contribution in [2.75, 3.05) is 64.4 Å². The lowest BCUT2D eigenvalue weighted by molar-refractivity contribution is -0.159. The number of halogens is 3. The summed E-state index contributed by atoms with van der Waals surface area (Å²) in [4.78, 5) is 24.2. The minimum Gasteiger partial charge on any atom is -0.379 e. The van der Waals surface area contributed by atoms with Crippen LogP contribution in [0.25, 0.3) is 11.4 Å². The fourth-order valence-corrected chi connectivity index (χ4v) is 3.83. The molecule has 1 amide bonds. The number of morpholine rings is 1. The molecule has 0 atom stereocenters. The summed E-state index contributed by atoms with van der Waals surface area (Å²) >= 11 is 0. The molecule has 168 valence electrons. The fourth-order valence-electron chi connectivity index (χ4n) is 3.83. The third-order valence-electron chi connectivity index (χ3n) is 5.51. The maximum Gasteiger partial charge on any atom is 0.471 e. The van der Waals surface area contributed by atoms with Crippen LogP contribution in [-0.4, -0.2) is 90.9 Å². The molecule has 0 aromatic carbocycles. The van der Waals surface area contributed by atoms with E-state index in [1.54, 1.807) is 17.0 Å². The molecule has 1 spiro atoms. The molecule has 3 fully saturated rings. The number of likely N-dealkylation sites (N-methyl/N-ethyl adjacent to an activating group) is 1. The first-order valence-electron chi connectivity index (χ1n) is 9.86. The minimum absolute atomic E-state index is 0.151. The van der Waals surface area contributed by atoms with Crippen LogP contribution in [0.4, 0.5) is 19.0 Å². The lowest BCUT2D eigenvalue weighted by Crippen LogP contribution is -2.72. The van der Waals surface area contributed by atoms with Crippen molar-refractivity contribution in [2.45, 2.75) is 6.18 Å². The van der Waals surface area contributed by atoms with E-state index in [1.165, 1.54) is 6.20 Å². The van der Waals surface area contributed by atoms with Crippen molar-refractivity contribution in [1.82, 2.24) is 24.9 Å². The SMILES string of the molecule is CN1CCOCC1.O=CN1CC2(C1)CN(c1ccc(-c3noc(C(F)(F)F)n3)cn1)C2. The standard InChI is InChI=1S/C14H12F3N5O2.C5H11NO/c15-14(16,17)12-19-11(20-24-12)9-1-2-10(18-3-9)22-6-13(7-22)4-21(5-13)8-23;1-6-2-4-7-5-3-6/h1-3,8H,4-7H2;2-5H2,1H3. The Morgan fingerprint density at radius 3 is 2.32 bits per heavy atom. The van der Waals surface area contributed by atoms with E-state index in [0.29, 0.717) is 5.56 Å². The summed E-state index contributed by atoms with van der Waals surface area (Å²) in [5.74, 6) is -0.800. The van der Waals surface area contributed by atoms with Crippen LogP contribution in [0.5, 0.6) is 0 Å². The van der Waals surface area contributed by atoms with Crippen LogP contribution >= 0.6 is 0 Å². The zero-order valence-electron chi connectivity index (χ0n) is 17.0. The van der Waals surface area contributed by atoms with E-state index >= 15 is 0 Å². The van der Waals surface area contributed by atoms with E-state index < -0.39 is 12.1 Å². The monoisotopic (exact) mass is 440 g/mol. The maximum absolute atomic E-state index is 12.5. The van der Waals surface area contributed by atoms with Crippen molar-refractivity contribution < 1.29 is 27.2 Å². The van der Waals surface area contributed by atoms with Crippen molar-refractivity contribution in [1.29, 1.82) is 0 Å². The number of ether oxygens (including phenoxy) is 1. The molecule has 12 heteroatoms. The highest BCUT2D eigenvalue weighted by molar-refractivity contribution is 5.57. The highest BCUT2D eigenvalue weighted by Crippen LogP contribution is 2.40. The number of nitrogens with zero attached hydrogens (tertiary/aromatic N) is 6. The van der Waals surface area contributed by atoms with Crippen LogP contribution in [-0.2, 0) is 15.7 Å². The van der Waals surface area contributed by atoms with Gasteiger partial charge in [-0.05, 0) is 19.2 Å². The molecule has 5 rings (SSSR count). The van der Waals surface area contributed by atoms with Gasteiger partial charge in [-0.15, -0.1) is 0 Å². The predicted octanol–water partition coefficient (Wildman–Crippen LogP) is 1.38. The van der Waals surface area contributed by atoms with E-state index in [1.807, 2.05) is 0 Å². The molecule has 3 saturated heterocycles. The normalized spacial score (nSPS) is 20.5. The van der Waals surface area contributed by atoms with Crippen molar-refractivity contribution in [3.8, 4) is 11.4 Å². The summed E-state index contributed by atoms with van der Waals surface area (Å²) in [6.07, 6.45) is -2.40. The van der Waals surface area contributed by atoms with Gasteiger partial charge in [-0.1, -0.05) is 5.16 Å². The second-order valence-electron chi connectivity index (χ2n) is 8.11. The molecule has 0 bridgehead atoms. The number of pyridine rings is 1. The molecule has 2 aromatic heterocycles. The smallest absolute Gasteiger partial charge is 0.379 e. The molecule has 0 aliphatic carbocycles. The molecular formula is C19H23F3N6O3. The van der Waals surface area contributed by atoms with Crippen molar-refractivity contribution in [2.24, 2.45) is 5.41 Å². The van der Waals surface area contributed by atoms with Gasteiger partial charge >= 0.3 is 12.1 Å². The second kappa shape index (κ2) is 8.42. The van der Waals surface area contributed by atoms with Gasteiger partial charge in [0.15, 0.2) is 0 Å². The van der Waals surface area contributed by atoms with E-state index in [-0.39, 0.29) is 11.2 Å². The lowest BCUT2D eigenvalue weighted by Gasteiger charge is -2.59. The Morgan fingerprint density at radius 2 is 1.84 bits per heavy atom. The Balaban J connectivity index is 0.000000282. The number of aromatic nitrogens is 3. The van der Waals surface area contributed by atoms with Crippen LogP contribution in [0.15, 0.2) is 22.9 Å². The van der Waals surface area contributed by atoms with Gasteiger partial charge in [0.25, 0.3) is 0 Å². The van der Waals surface area contributed by atoms with Gasteiger partial charge in [0.05, 0.1) is 13.2 Å². The predicted molar refractivity (Wildman–Crippen MR) is 103 cm³/mol. The van der Waals surface area contributed by atoms with Crippen LogP contribution in [0.1, 0.15) is 5.89 Å². The number of alkyl halides is 3. The summed E-state index contributed by atoms with van der Waals surface area (Å²) in [6.45, 7) is 7.16. The van der Waals surface area contributed by atoms with Gasteiger partial charge in [-0.25, -0.2) is 4.98 Å². The van der Waals surface area contributed by atoms with E-state index in [2.05, 4.69) is 36.5 Å². The average Bonchev–Trinajstić information content (AvgIpc) is 3.18. The number of hydrogen-bond donors (Lipinski definition) is 0. The Bertz CT molecular complexity index is 884. The maximum atomic E-state index is 12.5. The molecule has 9 nitrogen and oxygen atoms in total. The average molecular weight is 440 g/mol. The number of amides is 1. The number of rotatable bonds is 3. The molecule has 3 aliphatic rings. The molecule has 0 radical (unpaired) electrons. The number of hydrogen-bond acceptors (Lipinski definition) is 8. The Kier molecular flexibility index (Phi) is 5.84. The largest absolute Gasteiger partial charge is 0.471 e. The van der Waals surface area contributed by atoms with Crippen LogP contribution in [0, 0.1) is 5.41 Å². The fraction of sp³-hybridized carbons (Fsp3) is 0.579. The Hall–Kier alpha value is -2.73. The van der Waals surface area contributed by atoms with Crippen molar-refractivity contribution >= 4 is 12.2 Å². The molecule has 3 aliphatic heterocycles. The topological polar surface area (TPSA) is 87.8 Å². The van der Waals surface area contributed by atoms with Crippen LogP contribution in [0.3, 0.4) is 0 Å². The van der Waals surface area contributed by atoms with E-state index in [4.69, 9.17) is 4.74 Å². The van der Waals surface area contributed by atoms with Crippen LogP contribution < -0.4 is 4.90 Å². The van der Waals surface area contributed by atoms with Gasteiger partial charge < -0.3 is 24.0 Å². The zero-order valence-corrected chi connectivity index (χ0v) is 17.0. The van der Waals surface area contributed by atoms with Gasteiger partial charge in [0.2, 0.25) is 12.2 Å². The Labute approximate surface area is 176 Å².